The Balaban J connectivity index is 1.82. The molecule has 3 rings (SSSR count). The molecule has 104 valence electrons. The molecule has 0 aliphatic heterocycles. The van der Waals surface area contributed by atoms with Crippen molar-refractivity contribution >= 4 is 16.5 Å². The van der Waals surface area contributed by atoms with E-state index in [2.05, 4.69) is 16.4 Å². The topological polar surface area (TPSA) is 53.6 Å². The maximum absolute atomic E-state index is 9.18. The molecule has 0 spiro atoms. The Hall–Kier alpha value is -2.80. The second kappa shape index (κ2) is 5.68. The number of aromatic nitrogens is 2. The van der Waals surface area contributed by atoms with Crippen LogP contribution in [-0.4, -0.2) is 16.1 Å². The molecule has 2 aromatic carbocycles. The van der Waals surface area contributed by atoms with Gasteiger partial charge in [-0.25, -0.2) is 4.98 Å². The first-order valence-corrected chi connectivity index (χ1v) is 6.91. The van der Waals surface area contributed by atoms with Gasteiger partial charge in [-0.2, -0.15) is 5.26 Å². The number of aryl methyl sites for hydroxylation is 1. The molecule has 0 saturated carbocycles. The van der Waals surface area contributed by atoms with Crippen molar-refractivity contribution < 1.29 is 0 Å². The molecule has 0 unspecified atom stereocenters. The largest absolute Gasteiger partial charge is 0.384 e. The van der Waals surface area contributed by atoms with Crippen LogP contribution < -0.4 is 5.32 Å². The van der Waals surface area contributed by atoms with Gasteiger partial charge in [0.25, 0.3) is 0 Å². The fourth-order valence-electron chi connectivity index (χ4n) is 2.50. The number of anilines is 1. The Morgan fingerprint density at radius 1 is 1.19 bits per heavy atom. The summed E-state index contributed by atoms with van der Waals surface area (Å²) in [4.78, 5) is 4.32. The molecule has 0 aliphatic carbocycles. The summed E-state index contributed by atoms with van der Waals surface area (Å²) in [5.41, 5.74) is 1.76. The van der Waals surface area contributed by atoms with E-state index in [4.69, 9.17) is 0 Å². The average molecular weight is 276 g/mol. The molecule has 0 radical (unpaired) electrons. The first-order chi connectivity index (χ1) is 10.3. The van der Waals surface area contributed by atoms with E-state index in [1.165, 1.54) is 0 Å². The third kappa shape index (κ3) is 2.59. The number of imidazole rings is 1. The normalized spacial score (nSPS) is 10.5. The Labute approximate surface area is 123 Å². The molecule has 4 nitrogen and oxygen atoms in total. The van der Waals surface area contributed by atoms with Gasteiger partial charge in [0.15, 0.2) is 0 Å². The number of nitriles is 1. The molecule has 0 aliphatic rings. The Kier molecular flexibility index (Phi) is 3.57. The quantitative estimate of drug-likeness (QED) is 0.796. The van der Waals surface area contributed by atoms with Crippen LogP contribution in [0.2, 0.25) is 0 Å². The van der Waals surface area contributed by atoms with Crippen molar-refractivity contribution in [2.45, 2.75) is 6.42 Å². The van der Waals surface area contributed by atoms with Crippen LogP contribution in [0.3, 0.4) is 0 Å². The molecule has 0 bridgehead atoms. The van der Waals surface area contributed by atoms with Gasteiger partial charge in [0.05, 0.1) is 11.6 Å². The van der Waals surface area contributed by atoms with Crippen LogP contribution in [0.4, 0.5) is 5.69 Å². The Bertz CT molecular complexity index is 811. The molecular weight excluding hydrogens is 260 g/mol. The molecule has 21 heavy (non-hydrogen) atoms. The summed E-state index contributed by atoms with van der Waals surface area (Å²) in [5, 5.41) is 14.7. The highest BCUT2D eigenvalue weighted by molar-refractivity contribution is 5.97. The Morgan fingerprint density at radius 3 is 2.71 bits per heavy atom. The smallest absolute Gasteiger partial charge is 0.110 e. The summed E-state index contributed by atoms with van der Waals surface area (Å²) in [7, 11) is 2.00. The molecule has 4 heteroatoms. The van der Waals surface area contributed by atoms with Crippen molar-refractivity contribution in [3.05, 3.63) is 60.2 Å². The zero-order valence-corrected chi connectivity index (χ0v) is 11.9. The summed E-state index contributed by atoms with van der Waals surface area (Å²) >= 11 is 0. The summed E-state index contributed by atoms with van der Waals surface area (Å²) in [6.07, 6.45) is 4.62. The lowest BCUT2D eigenvalue weighted by molar-refractivity contribution is 0.790. The number of nitrogens with zero attached hydrogens (tertiary/aromatic N) is 3. The van der Waals surface area contributed by atoms with E-state index in [1.807, 2.05) is 60.4 Å². The monoisotopic (exact) mass is 276 g/mol. The van der Waals surface area contributed by atoms with Crippen molar-refractivity contribution in [1.82, 2.24) is 9.55 Å². The van der Waals surface area contributed by atoms with Gasteiger partial charge < -0.3 is 9.88 Å². The number of hydrogen-bond acceptors (Lipinski definition) is 3. The highest BCUT2D eigenvalue weighted by Crippen LogP contribution is 2.26. The van der Waals surface area contributed by atoms with Crippen LogP contribution >= 0.6 is 0 Å². The lowest BCUT2D eigenvalue weighted by Gasteiger charge is -2.10. The van der Waals surface area contributed by atoms with Crippen molar-refractivity contribution in [2.75, 3.05) is 11.9 Å². The second-order valence-electron chi connectivity index (χ2n) is 4.95. The number of fused-ring (bicyclic) bond motifs is 1. The number of benzene rings is 2. The summed E-state index contributed by atoms with van der Waals surface area (Å²) < 4.78 is 2.03. The van der Waals surface area contributed by atoms with Crippen LogP contribution in [0.25, 0.3) is 10.8 Å². The van der Waals surface area contributed by atoms with E-state index < -0.39 is 0 Å². The van der Waals surface area contributed by atoms with Crippen LogP contribution in [0.5, 0.6) is 0 Å². The first-order valence-electron chi connectivity index (χ1n) is 6.91. The molecule has 3 aromatic rings. The average Bonchev–Trinajstić information content (AvgIpc) is 2.93. The maximum Gasteiger partial charge on any atom is 0.110 e. The fraction of sp³-hybridized carbons (Fsp3) is 0.176. The van der Waals surface area contributed by atoms with Crippen molar-refractivity contribution in [1.29, 1.82) is 5.26 Å². The minimum absolute atomic E-state index is 0.709. The summed E-state index contributed by atoms with van der Waals surface area (Å²) in [5.74, 6) is 1.06. The van der Waals surface area contributed by atoms with Gasteiger partial charge in [-0.1, -0.05) is 24.3 Å². The summed E-state index contributed by atoms with van der Waals surface area (Å²) in [6.45, 7) is 0.806. The predicted molar refractivity (Wildman–Crippen MR) is 84.1 cm³/mol. The molecule has 0 amide bonds. The molecule has 1 aromatic heterocycles. The zero-order chi connectivity index (χ0) is 14.7. The molecule has 1 heterocycles. The number of hydrogen-bond donors (Lipinski definition) is 1. The molecule has 0 fully saturated rings. The van der Waals surface area contributed by atoms with Gasteiger partial charge in [0.1, 0.15) is 5.82 Å². The molecule has 0 saturated heterocycles. The lowest BCUT2D eigenvalue weighted by atomic mass is 10.0. The maximum atomic E-state index is 9.18. The second-order valence-corrected chi connectivity index (χ2v) is 4.95. The van der Waals surface area contributed by atoms with Gasteiger partial charge in [-0.15, -0.1) is 0 Å². The highest BCUT2D eigenvalue weighted by atomic mass is 15.0. The first kappa shape index (κ1) is 13.2. The molecule has 0 atom stereocenters. The van der Waals surface area contributed by atoms with Gasteiger partial charge in [0.2, 0.25) is 0 Å². The third-order valence-corrected chi connectivity index (χ3v) is 3.63. The van der Waals surface area contributed by atoms with Crippen LogP contribution in [0.15, 0.2) is 48.8 Å². The van der Waals surface area contributed by atoms with E-state index >= 15 is 0 Å². The highest BCUT2D eigenvalue weighted by Gasteiger charge is 2.05. The molecule has 1 N–H and O–H groups in total. The fourth-order valence-corrected chi connectivity index (χ4v) is 2.50. The minimum atomic E-state index is 0.709. The minimum Gasteiger partial charge on any atom is -0.384 e. The Morgan fingerprint density at radius 2 is 2.00 bits per heavy atom. The predicted octanol–water partition coefficient (Wildman–Crippen LogP) is 3.10. The SMILES string of the molecule is Cn1ccnc1CCNc1ccc(C#N)c2ccccc12. The van der Waals surface area contributed by atoms with E-state index in [-0.39, 0.29) is 0 Å². The van der Waals surface area contributed by atoms with Crippen molar-refractivity contribution in [2.24, 2.45) is 7.05 Å². The van der Waals surface area contributed by atoms with Crippen molar-refractivity contribution in [3.8, 4) is 6.07 Å². The van der Waals surface area contributed by atoms with E-state index in [0.717, 1.165) is 35.2 Å². The number of nitrogens with one attached hydrogen (secondary N) is 1. The van der Waals surface area contributed by atoms with Gasteiger partial charge in [0, 0.05) is 48.9 Å². The van der Waals surface area contributed by atoms with Gasteiger partial charge >= 0.3 is 0 Å². The van der Waals surface area contributed by atoms with Crippen LogP contribution in [0, 0.1) is 11.3 Å². The van der Waals surface area contributed by atoms with Crippen LogP contribution in [0.1, 0.15) is 11.4 Å². The van der Waals surface area contributed by atoms with E-state index in [0.29, 0.717) is 5.56 Å². The van der Waals surface area contributed by atoms with E-state index in [9.17, 15) is 5.26 Å². The summed E-state index contributed by atoms with van der Waals surface area (Å²) in [6, 6.07) is 14.1. The zero-order valence-electron chi connectivity index (χ0n) is 11.9. The lowest BCUT2D eigenvalue weighted by Crippen LogP contribution is -2.08. The molecular formula is C17H16N4. The van der Waals surface area contributed by atoms with Gasteiger partial charge in [-0.05, 0) is 12.1 Å². The van der Waals surface area contributed by atoms with Gasteiger partial charge in [-0.3, -0.25) is 0 Å². The number of rotatable bonds is 4. The standard InChI is InChI=1S/C17H16N4/c1-21-11-10-20-17(21)8-9-19-16-7-6-13(12-18)14-4-2-3-5-15(14)16/h2-7,10-11,19H,8-9H2,1H3. The van der Waals surface area contributed by atoms with E-state index in [1.54, 1.807) is 0 Å². The van der Waals surface area contributed by atoms with Crippen molar-refractivity contribution in [3.63, 3.8) is 0 Å². The van der Waals surface area contributed by atoms with Crippen LogP contribution in [-0.2, 0) is 13.5 Å². The third-order valence-electron chi connectivity index (χ3n) is 3.63.